The lowest BCUT2D eigenvalue weighted by Gasteiger charge is -2.31. The summed E-state index contributed by atoms with van der Waals surface area (Å²) in [6.45, 7) is 5.86. The van der Waals surface area contributed by atoms with Crippen molar-refractivity contribution in [1.82, 2.24) is 14.9 Å². The first-order valence-corrected chi connectivity index (χ1v) is 7.16. The van der Waals surface area contributed by atoms with Crippen molar-refractivity contribution in [3.05, 3.63) is 18.5 Å². The van der Waals surface area contributed by atoms with Crippen LogP contribution in [-0.4, -0.2) is 47.6 Å². The highest BCUT2D eigenvalue weighted by Gasteiger charge is 2.22. The summed E-state index contributed by atoms with van der Waals surface area (Å²) in [5.41, 5.74) is 0. The third kappa shape index (κ3) is 2.80. The van der Waals surface area contributed by atoms with Gasteiger partial charge in [-0.15, -0.1) is 0 Å². The van der Waals surface area contributed by atoms with E-state index in [2.05, 4.69) is 19.8 Å². The van der Waals surface area contributed by atoms with E-state index < -0.39 is 0 Å². The van der Waals surface area contributed by atoms with Crippen molar-refractivity contribution in [3.8, 4) is 0 Å². The first kappa shape index (κ1) is 11.9. The Bertz CT molecular complexity index is 363. The molecular weight excluding hydrogens is 224 g/mol. The summed E-state index contributed by atoms with van der Waals surface area (Å²) >= 11 is 0. The molecule has 1 aromatic heterocycles. The molecule has 0 bridgehead atoms. The van der Waals surface area contributed by atoms with Gasteiger partial charge in [0.15, 0.2) is 0 Å². The molecular formula is C14H22N4. The van der Waals surface area contributed by atoms with Gasteiger partial charge in [0.05, 0.1) is 0 Å². The smallest absolute Gasteiger partial charge is 0.225 e. The van der Waals surface area contributed by atoms with Crippen molar-refractivity contribution < 1.29 is 0 Å². The molecule has 1 aromatic rings. The fourth-order valence-corrected chi connectivity index (χ4v) is 2.85. The molecule has 0 unspecified atom stereocenters. The minimum absolute atomic E-state index is 0.892. The number of hydrogen-bond acceptors (Lipinski definition) is 4. The molecule has 1 aliphatic heterocycles. The van der Waals surface area contributed by atoms with Crippen LogP contribution in [0.15, 0.2) is 18.5 Å². The predicted octanol–water partition coefficient (Wildman–Crippen LogP) is 1.79. The zero-order chi connectivity index (χ0) is 12.2. The molecule has 1 aliphatic carbocycles. The highest BCUT2D eigenvalue weighted by molar-refractivity contribution is 5.28. The highest BCUT2D eigenvalue weighted by Crippen LogP contribution is 2.27. The van der Waals surface area contributed by atoms with Crippen LogP contribution < -0.4 is 4.90 Å². The van der Waals surface area contributed by atoms with Crippen LogP contribution in [-0.2, 0) is 0 Å². The summed E-state index contributed by atoms with van der Waals surface area (Å²) < 4.78 is 0. The van der Waals surface area contributed by atoms with Gasteiger partial charge in [-0.25, -0.2) is 9.97 Å². The van der Waals surface area contributed by atoms with Gasteiger partial charge < -0.3 is 9.80 Å². The van der Waals surface area contributed by atoms with Gasteiger partial charge in [0.1, 0.15) is 0 Å². The van der Waals surface area contributed by atoms with E-state index in [1.165, 1.54) is 38.8 Å². The van der Waals surface area contributed by atoms with Gasteiger partial charge >= 0.3 is 0 Å². The van der Waals surface area contributed by atoms with E-state index in [0.29, 0.717) is 0 Å². The molecule has 4 heteroatoms. The average Bonchev–Trinajstić information content (AvgIpc) is 2.60. The summed E-state index contributed by atoms with van der Waals surface area (Å²) in [6.07, 6.45) is 9.23. The predicted molar refractivity (Wildman–Crippen MR) is 72.6 cm³/mol. The Morgan fingerprint density at radius 2 is 1.83 bits per heavy atom. The summed E-state index contributed by atoms with van der Waals surface area (Å²) in [6, 6.07) is 1.88. The fourth-order valence-electron chi connectivity index (χ4n) is 2.85. The van der Waals surface area contributed by atoms with E-state index >= 15 is 0 Å². The molecule has 2 fully saturated rings. The van der Waals surface area contributed by atoms with Crippen LogP contribution in [0, 0.1) is 5.92 Å². The zero-order valence-electron chi connectivity index (χ0n) is 11.0. The van der Waals surface area contributed by atoms with Gasteiger partial charge in [-0.1, -0.05) is 6.42 Å². The molecule has 1 saturated carbocycles. The van der Waals surface area contributed by atoms with Crippen LogP contribution >= 0.6 is 0 Å². The molecule has 3 rings (SSSR count). The zero-order valence-corrected chi connectivity index (χ0v) is 11.0. The Labute approximate surface area is 109 Å². The van der Waals surface area contributed by atoms with Crippen LogP contribution in [0.4, 0.5) is 5.95 Å². The Hall–Kier alpha value is -1.16. The number of nitrogens with zero attached hydrogens (tertiary/aromatic N) is 4. The molecule has 0 aromatic carbocycles. The van der Waals surface area contributed by atoms with Gasteiger partial charge in [-0.05, 0) is 37.8 Å². The normalized spacial score (nSPS) is 22.6. The quantitative estimate of drug-likeness (QED) is 0.814. The number of aromatic nitrogens is 2. The minimum atomic E-state index is 0.892. The third-order valence-electron chi connectivity index (χ3n) is 4.16. The molecule has 98 valence electrons. The van der Waals surface area contributed by atoms with Crippen molar-refractivity contribution in [2.75, 3.05) is 37.6 Å². The first-order chi connectivity index (χ1) is 8.92. The SMILES string of the molecule is c1cnc(N2CCCN(CC3CCC3)CC2)nc1. The Morgan fingerprint density at radius 1 is 1.00 bits per heavy atom. The van der Waals surface area contributed by atoms with Crippen molar-refractivity contribution >= 4 is 5.95 Å². The van der Waals surface area contributed by atoms with Crippen molar-refractivity contribution in [3.63, 3.8) is 0 Å². The van der Waals surface area contributed by atoms with Gasteiger partial charge in [-0.2, -0.15) is 0 Å². The van der Waals surface area contributed by atoms with Crippen LogP contribution in [0.25, 0.3) is 0 Å². The van der Waals surface area contributed by atoms with E-state index in [1.807, 2.05) is 18.5 Å². The largest absolute Gasteiger partial charge is 0.339 e. The Balaban J connectivity index is 1.54. The molecule has 0 radical (unpaired) electrons. The van der Waals surface area contributed by atoms with E-state index in [-0.39, 0.29) is 0 Å². The molecule has 1 saturated heterocycles. The van der Waals surface area contributed by atoms with Gasteiger partial charge in [0.25, 0.3) is 0 Å². The number of rotatable bonds is 3. The molecule has 0 amide bonds. The molecule has 4 nitrogen and oxygen atoms in total. The average molecular weight is 246 g/mol. The van der Waals surface area contributed by atoms with Crippen LogP contribution in [0.2, 0.25) is 0 Å². The maximum Gasteiger partial charge on any atom is 0.225 e. The second-order valence-corrected chi connectivity index (χ2v) is 5.49. The van der Waals surface area contributed by atoms with Crippen LogP contribution in [0.5, 0.6) is 0 Å². The molecule has 18 heavy (non-hydrogen) atoms. The lowest BCUT2D eigenvalue weighted by atomic mass is 9.85. The second kappa shape index (κ2) is 5.65. The van der Waals surface area contributed by atoms with Gasteiger partial charge in [-0.3, -0.25) is 0 Å². The van der Waals surface area contributed by atoms with Gasteiger partial charge in [0, 0.05) is 38.6 Å². The topological polar surface area (TPSA) is 32.3 Å². The summed E-state index contributed by atoms with van der Waals surface area (Å²) in [5.74, 6) is 1.87. The summed E-state index contributed by atoms with van der Waals surface area (Å²) in [4.78, 5) is 13.7. The standard InChI is InChI=1S/C14H22N4/c1-4-13(5-1)12-17-8-3-9-18(11-10-17)14-15-6-2-7-16-14/h2,6-7,13H,1,3-5,8-12H2. The molecule has 0 spiro atoms. The Kier molecular flexibility index (Phi) is 3.74. The van der Waals surface area contributed by atoms with Crippen molar-refractivity contribution in [2.45, 2.75) is 25.7 Å². The van der Waals surface area contributed by atoms with E-state index in [1.54, 1.807) is 0 Å². The monoisotopic (exact) mass is 246 g/mol. The third-order valence-corrected chi connectivity index (χ3v) is 4.16. The molecule has 2 heterocycles. The van der Waals surface area contributed by atoms with E-state index in [9.17, 15) is 0 Å². The van der Waals surface area contributed by atoms with Crippen LogP contribution in [0.3, 0.4) is 0 Å². The van der Waals surface area contributed by atoms with Crippen molar-refractivity contribution in [1.29, 1.82) is 0 Å². The van der Waals surface area contributed by atoms with Gasteiger partial charge in [0.2, 0.25) is 5.95 Å². The Morgan fingerprint density at radius 3 is 2.56 bits per heavy atom. The second-order valence-electron chi connectivity index (χ2n) is 5.49. The summed E-state index contributed by atoms with van der Waals surface area (Å²) in [7, 11) is 0. The minimum Gasteiger partial charge on any atom is -0.339 e. The molecule has 0 atom stereocenters. The maximum atomic E-state index is 4.35. The first-order valence-electron chi connectivity index (χ1n) is 7.16. The number of hydrogen-bond donors (Lipinski definition) is 0. The lowest BCUT2D eigenvalue weighted by molar-refractivity contribution is 0.186. The summed E-state index contributed by atoms with van der Waals surface area (Å²) in [5, 5.41) is 0. The highest BCUT2D eigenvalue weighted by atomic mass is 15.3. The number of anilines is 1. The molecule has 2 aliphatic rings. The fraction of sp³-hybridized carbons (Fsp3) is 0.714. The van der Waals surface area contributed by atoms with E-state index in [4.69, 9.17) is 0 Å². The van der Waals surface area contributed by atoms with E-state index in [0.717, 1.165) is 31.5 Å². The maximum absolute atomic E-state index is 4.35. The van der Waals surface area contributed by atoms with Crippen LogP contribution in [0.1, 0.15) is 25.7 Å². The van der Waals surface area contributed by atoms with Crippen molar-refractivity contribution in [2.24, 2.45) is 5.92 Å². The molecule has 0 N–H and O–H groups in total. The lowest BCUT2D eigenvalue weighted by Crippen LogP contribution is -2.36.